The first kappa shape index (κ1) is 20.5. The average molecular weight is 368 g/mol. The van der Waals surface area contributed by atoms with Gasteiger partial charge in [0.1, 0.15) is 6.04 Å². The molecule has 0 radical (unpaired) electrons. The second kappa shape index (κ2) is 8.71. The van der Waals surface area contributed by atoms with Gasteiger partial charge in [-0.05, 0) is 35.6 Å². The quantitative estimate of drug-likeness (QED) is 0.604. The van der Waals surface area contributed by atoms with Crippen molar-refractivity contribution in [3.63, 3.8) is 0 Å². The molecule has 144 valence electrons. The van der Waals surface area contributed by atoms with Crippen LogP contribution >= 0.6 is 0 Å². The molecule has 1 atom stereocenters. The number of benzene rings is 2. The number of nitrogens with two attached hydrogens (primary N) is 1. The summed E-state index contributed by atoms with van der Waals surface area (Å²) in [5.41, 5.74) is 8.78. The van der Waals surface area contributed by atoms with E-state index in [0.29, 0.717) is 17.7 Å². The molecule has 0 fully saturated rings. The summed E-state index contributed by atoms with van der Waals surface area (Å²) in [6.07, 6.45) is 0.349. The lowest BCUT2D eigenvalue weighted by molar-refractivity contribution is -0.145. The number of nitrogen functional groups attached to an aromatic ring is 1. The van der Waals surface area contributed by atoms with Crippen molar-refractivity contribution < 1.29 is 14.3 Å². The first-order valence-corrected chi connectivity index (χ1v) is 9.13. The molecule has 2 aromatic carbocycles. The number of hydrogen-bond acceptors (Lipinski definition) is 4. The molecule has 0 saturated heterocycles. The summed E-state index contributed by atoms with van der Waals surface area (Å²) in [7, 11) is 0. The summed E-state index contributed by atoms with van der Waals surface area (Å²) >= 11 is 0. The van der Waals surface area contributed by atoms with Crippen molar-refractivity contribution in [2.75, 3.05) is 12.3 Å². The number of ether oxygens (including phenoxy) is 1. The minimum Gasteiger partial charge on any atom is -0.464 e. The van der Waals surface area contributed by atoms with Crippen LogP contribution in [-0.2, 0) is 21.4 Å². The fraction of sp³-hybridized carbons (Fsp3) is 0.364. The molecule has 0 heterocycles. The highest BCUT2D eigenvalue weighted by Crippen LogP contribution is 2.22. The van der Waals surface area contributed by atoms with Gasteiger partial charge in [-0.15, -0.1) is 0 Å². The molecule has 0 aliphatic heterocycles. The molecule has 0 aromatic heterocycles. The van der Waals surface area contributed by atoms with E-state index in [4.69, 9.17) is 10.5 Å². The van der Waals surface area contributed by atoms with Crippen LogP contribution in [0.4, 0.5) is 5.69 Å². The van der Waals surface area contributed by atoms with Crippen molar-refractivity contribution in [1.82, 2.24) is 5.32 Å². The Morgan fingerprint density at radius 1 is 1.07 bits per heavy atom. The Hall–Kier alpha value is -2.82. The van der Waals surface area contributed by atoms with Crippen LogP contribution in [0.5, 0.6) is 0 Å². The smallest absolute Gasteiger partial charge is 0.328 e. The van der Waals surface area contributed by atoms with Crippen LogP contribution in [0.1, 0.15) is 49.2 Å². The largest absolute Gasteiger partial charge is 0.464 e. The van der Waals surface area contributed by atoms with Crippen LogP contribution in [0, 0.1) is 0 Å². The van der Waals surface area contributed by atoms with E-state index in [1.807, 2.05) is 12.1 Å². The predicted molar refractivity (Wildman–Crippen MR) is 108 cm³/mol. The van der Waals surface area contributed by atoms with Gasteiger partial charge >= 0.3 is 5.97 Å². The number of nitrogens with one attached hydrogen (secondary N) is 1. The van der Waals surface area contributed by atoms with E-state index in [1.165, 1.54) is 5.56 Å². The predicted octanol–water partition coefficient (Wildman–Crippen LogP) is 3.47. The summed E-state index contributed by atoms with van der Waals surface area (Å²) in [5, 5.41) is 2.76. The number of carbonyl (C=O) groups is 2. The summed E-state index contributed by atoms with van der Waals surface area (Å²) in [5.74, 6) is -0.849. The number of anilines is 1. The van der Waals surface area contributed by atoms with Gasteiger partial charge in [-0.1, -0.05) is 57.2 Å². The Morgan fingerprint density at radius 2 is 1.70 bits per heavy atom. The van der Waals surface area contributed by atoms with Gasteiger partial charge in [0.05, 0.1) is 12.2 Å². The molecule has 5 nitrogen and oxygen atoms in total. The minimum absolute atomic E-state index is 0.0537. The number of para-hydroxylation sites is 1. The average Bonchev–Trinajstić information content (AvgIpc) is 2.61. The molecule has 0 spiro atoms. The molecule has 1 amide bonds. The molecule has 0 bridgehead atoms. The van der Waals surface area contributed by atoms with Gasteiger partial charge < -0.3 is 15.8 Å². The molecule has 2 aromatic rings. The Kier molecular flexibility index (Phi) is 6.61. The lowest BCUT2D eigenvalue weighted by Gasteiger charge is -2.21. The number of amides is 1. The molecule has 0 aliphatic carbocycles. The number of hydrogen-bond donors (Lipinski definition) is 2. The molecular weight excluding hydrogens is 340 g/mol. The summed E-state index contributed by atoms with van der Waals surface area (Å²) in [6, 6.07) is 14.1. The fourth-order valence-corrected chi connectivity index (χ4v) is 2.75. The van der Waals surface area contributed by atoms with E-state index < -0.39 is 17.9 Å². The normalized spacial score (nSPS) is 12.3. The van der Waals surface area contributed by atoms with Gasteiger partial charge in [-0.25, -0.2) is 4.79 Å². The maximum absolute atomic E-state index is 12.6. The standard InChI is InChI=1S/C22H28N2O3/c1-5-27-21(26)19(24-20(25)17-8-6-7-9-18(17)23)14-15-10-12-16(13-11-15)22(2,3)4/h6-13,19H,5,14,23H2,1-4H3,(H,24,25). The maximum Gasteiger partial charge on any atom is 0.328 e. The zero-order valence-electron chi connectivity index (χ0n) is 16.4. The maximum atomic E-state index is 12.6. The van der Waals surface area contributed by atoms with Crippen LogP contribution in [0.25, 0.3) is 0 Å². The van der Waals surface area contributed by atoms with Crippen LogP contribution in [0.15, 0.2) is 48.5 Å². The van der Waals surface area contributed by atoms with E-state index in [1.54, 1.807) is 31.2 Å². The van der Waals surface area contributed by atoms with Gasteiger partial charge in [-0.3, -0.25) is 4.79 Å². The highest BCUT2D eigenvalue weighted by atomic mass is 16.5. The second-order valence-corrected chi connectivity index (χ2v) is 7.52. The van der Waals surface area contributed by atoms with Crippen LogP contribution in [0.3, 0.4) is 0 Å². The zero-order valence-corrected chi connectivity index (χ0v) is 16.4. The number of esters is 1. The molecule has 1 unspecified atom stereocenters. The fourth-order valence-electron chi connectivity index (χ4n) is 2.75. The summed E-state index contributed by atoms with van der Waals surface area (Å²) in [6.45, 7) is 8.43. The minimum atomic E-state index is -0.780. The summed E-state index contributed by atoms with van der Waals surface area (Å²) in [4.78, 5) is 24.9. The van der Waals surface area contributed by atoms with Gasteiger partial charge in [0.25, 0.3) is 5.91 Å². The Balaban J connectivity index is 2.18. The lowest BCUT2D eigenvalue weighted by Crippen LogP contribution is -2.43. The van der Waals surface area contributed by atoms with Crippen molar-refractivity contribution >= 4 is 17.6 Å². The second-order valence-electron chi connectivity index (χ2n) is 7.52. The molecule has 0 saturated carbocycles. The third-order valence-electron chi connectivity index (χ3n) is 4.34. The van der Waals surface area contributed by atoms with E-state index in [-0.39, 0.29) is 12.0 Å². The SMILES string of the molecule is CCOC(=O)C(Cc1ccc(C(C)(C)C)cc1)NC(=O)c1ccccc1N. The third-order valence-corrected chi connectivity index (χ3v) is 4.34. The Bertz CT molecular complexity index is 792. The topological polar surface area (TPSA) is 81.4 Å². The highest BCUT2D eigenvalue weighted by molar-refractivity contribution is 6.00. The molecular formula is C22H28N2O3. The first-order chi connectivity index (χ1) is 12.7. The molecule has 2 rings (SSSR count). The monoisotopic (exact) mass is 368 g/mol. The zero-order chi connectivity index (χ0) is 20.0. The van der Waals surface area contributed by atoms with Crippen molar-refractivity contribution in [3.8, 4) is 0 Å². The Morgan fingerprint density at radius 3 is 2.26 bits per heavy atom. The first-order valence-electron chi connectivity index (χ1n) is 9.13. The number of rotatable bonds is 6. The van der Waals surface area contributed by atoms with E-state index in [2.05, 4.69) is 38.2 Å². The van der Waals surface area contributed by atoms with E-state index in [0.717, 1.165) is 5.56 Å². The highest BCUT2D eigenvalue weighted by Gasteiger charge is 2.24. The van der Waals surface area contributed by atoms with Gasteiger partial charge in [0.2, 0.25) is 0 Å². The summed E-state index contributed by atoms with van der Waals surface area (Å²) < 4.78 is 5.14. The molecule has 5 heteroatoms. The van der Waals surface area contributed by atoms with E-state index in [9.17, 15) is 9.59 Å². The van der Waals surface area contributed by atoms with Gasteiger partial charge in [0, 0.05) is 12.1 Å². The van der Waals surface area contributed by atoms with E-state index >= 15 is 0 Å². The molecule has 0 aliphatic rings. The lowest BCUT2D eigenvalue weighted by atomic mass is 9.86. The van der Waals surface area contributed by atoms with Crippen LogP contribution in [-0.4, -0.2) is 24.5 Å². The van der Waals surface area contributed by atoms with Crippen LogP contribution in [0.2, 0.25) is 0 Å². The van der Waals surface area contributed by atoms with Crippen molar-refractivity contribution in [3.05, 3.63) is 65.2 Å². The van der Waals surface area contributed by atoms with Gasteiger partial charge in [-0.2, -0.15) is 0 Å². The van der Waals surface area contributed by atoms with Crippen molar-refractivity contribution in [2.24, 2.45) is 0 Å². The third kappa shape index (κ3) is 5.58. The van der Waals surface area contributed by atoms with Crippen molar-refractivity contribution in [1.29, 1.82) is 0 Å². The number of carbonyl (C=O) groups excluding carboxylic acids is 2. The van der Waals surface area contributed by atoms with Crippen molar-refractivity contribution in [2.45, 2.75) is 45.6 Å². The Labute approximate surface area is 160 Å². The molecule has 27 heavy (non-hydrogen) atoms. The van der Waals surface area contributed by atoms with Crippen LogP contribution < -0.4 is 11.1 Å². The molecule has 3 N–H and O–H groups in total. The van der Waals surface area contributed by atoms with Gasteiger partial charge in [0.15, 0.2) is 0 Å².